The maximum Gasteiger partial charge on any atom is 0.134 e. The molecule has 3 heteroatoms. The van der Waals surface area contributed by atoms with Crippen molar-refractivity contribution < 1.29 is 5.11 Å². The van der Waals surface area contributed by atoms with Gasteiger partial charge < -0.3 is 10.8 Å². The van der Waals surface area contributed by atoms with Crippen molar-refractivity contribution in [1.82, 2.24) is 0 Å². The fourth-order valence-corrected chi connectivity index (χ4v) is 5.82. The van der Waals surface area contributed by atoms with Crippen LogP contribution in [-0.2, 0) is 0 Å². The fraction of sp³-hybridized carbons (Fsp3) is 0.647. The first-order chi connectivity index (χ1) is 9.56. The van der Waals surface area contributed by atoms with Crippen molar-refractivity contribution in [3.05, 3.63) is 28.8 Å². The molecule has 0 heterocycles. The molecule has 20 heavy (non-hydrogen) atoms. The molecule has 5 rings (SSSR count). The highest BCUT2D eigenvalue weighted by molar-refractivity contribution is 6.32. The summed E-state index contributed by atoms with van der Waals surface area (Å²) in [4.78, 5) is 0. The first-order valence-corrected chi connectivity index (χ1v) is 8.17. The fourth-order valence-electron chi connectivity index (χ4n) is 5.63. The Morgan fingerprint density at radius 2 is 1.65 bits per heavy atom. The van der Waals surface area contributed by atoms with Gasteiger partial charge in [-0.15, -0.1) is 0 Å². The van der Waals surface area contributed by atoms with E-state index in [1.165, 1.54) is 38.5 Å². The van der Waals surface area contributed by atoms with E-state index in [2.05, 4.69) is 0 Å². The summed E-state index contributed by atoms with van der Waals surface area (Å²) < 4.78 is 0. The summed E-state index contributed by atoms with van der Waals surface area (Å²) in [5.41, 5.74) is 8.05. The molecular weight excluding hydrogens is 270 g/mol. The second-order valence-electron chi connectivity index (χ2n) is 7.47. The summed E-state index contributed by atoms with van der Waals surface area (Å²) in [6, 6.07) is 5.55. The molecule has 0 saturated heterocycles. The second-order valence-corrected chi connectivity index (χ2v) is 7.88. The molecule has 0 radical (unpaired) electrons. The summed E-state index contributed by atoms with van der Waals surface area (Å²) >= 11 is 6.06. The topological polar surface area (TPSA) is 46.2 Å². The molecule has 0 spiro atoms. The van der Waals surface area contributed by atoms with Crippen molar-refractivity contribution in [3.63, 3.8) is 0 Å². The molecule has 4 bridgehead atoms. The van der Waals surface area contributed by atoms with Gasteiger partial charge in [0.2, 0.25) is 0 Å². The summed E-state index contributed by atoms with van der Waals surface area (Å²) in [6.45, 7) is 0. The second kappa shape index (κ2) is 4.38. The van der Waals surface area contributed by atoms with Gasteiger partial charge in [0.25, 0.3) is 0 Å². The molecule has 4 aliphatic rings. The van der Waals surface area contributed by atoms with Gasteiger partial charge in [-0.1, -0.05) is 17.7 Å². The van der Waals surface area contributed by atoms with Crippen LogP contribution in [0, 0.1) is 23.2 Å². The first-order valence-electron chi connectivity index (χ1n) is 7.80. The quantitative estimate of drug-likeness (QED) is 0.855. The van der Waals surface area contributed by atoms with Gasteiger partial charge in [0.15, 0.2) is 0 Å². The van der Waals surface area contributed by atoms with E-state index in [0.29, 0.717) is 5.02 Å². The van der Waals surface area contributed by atoms with Gasteiger partial charge in [-0.3, -0.25) is 0 Å². The first kappa shape index (κ1) is 13.0. The molecule has 0 aromatic heterocycles. The monoisotopic (exact) mass is 291 g/mol. The zero-order chi connectivity index (χ0) is 13.9. The third-order valence-corrected chi connectivity index (χ3v) is 6.38. The highest BCUT2D eigenvalue weighted by Gasteiger charge is 2.53. The third-order valence-electron chi connectivity index (χ3n) is 6.08. The average molecular weight is 292 g/mol. The van der Waals surface area contributed by atoms with Gasteiger partial charge in [0, 0.05) is 6.04 Å². The molecule has 4 fully saturated rings. The van der Waals surface area contributed by atoms with Gasteiger partial charge >= 0.3 is 0 Å². The number of phenolic OH excluding ortho intramolecular Hbond substituents is 1. The lowest BCUT2D eigenvalue weighted by Crippen LogP contribution is -2.50. The van der Waals surface area contributed by atoms with Crippen LogP contribution in [0.4, 0.5) is 0 Å². The lowest BCUT2D eigenvalue weighted by Gasteiger charge is -2.59. The van der Waals surface area contributed by atoms with E-state index in [1.807, 2.05) is 12.1 Å². The maximum atomic E-state index is 9.59. The Labute approximate surface area is 125 Å². The Hall–Kier alpha value is -0.730. The van der Waals surface area contributed by atoms with E-state index in [4.69, 9.17) is 17.3 Å². The molecule has 1 atom stereocenters. The Balaban J connectivity index is 1.67. The molecule has 108 valence electrons. The van der Waals surface area contributed by atoms with Crippen LogP contribution in [0.25, 0.3) is 0 Å². The van der Waals surface area contributed by atoms with E-state index < -0.39 is 0 Å². The van der Waals surface area contributed by atoms with E-state index in [0.717, 1.165) is 23.3 Å². The SMILES string of the molecule is NC(c1ccc(O)c(Cl)c1)C12CC3CC(CC(C3)C1)C2. The molecule has 4 saturated carbocycles. The molecule has 1 aromatic carbocycles. The minimum Gasteiger partial charge on any atom is -0.506 e. The van der Waals surface area contributed by atoms with Gasteiger partial charge in [-0.05, 0) is 79.4 Å². The maximum absolute atomic E-state index is 9.59. The highest BCUT2D eigenvalue weighted by Crippen LogP contribution is 2.63. The van der Waals surface area contributed by atoms with Crippen molar-refractivity contribution in [2.24, 2.45) is 28.9 Å². The van der Waals surface area contributed by atoms with Gasteiger partial charge in [-0.25, -0.2) is 0 Å². The number of halogens is 1. The molecule has 2 nitrogen and oxygen atoms in total. The zero-order valence-corrected chi connectivity index (χ0v) is 12.4. The molecule has 0 amide bonds. The van der Waals surface area contributed by atoms with Gasteiger partial charge in [0.05, 0.1) is 5.02 Å². The Kier molecular flexibility index (Phi) is 2.84. The van der Waals surface area contributed by atoms with E-state index in [9.17, 15) is 5.11 Å². The largest absolute Gasteiger partial charge is 0.506 e. The number of phenols is 1. The van der Waals surface area contributed by atoms with E-state index in [1.54, 1.807) is 6.07 Å². The number of rotatable bonds is 2. The van der Waals surface area contributed by atoms with E-state index >= 15 is 0 Å². The van der Waals surface area contributed by atoms with Gasteiger partial charge in [0.1, 0.15) is 5.75 Å². The van der Waals surface area contributed by atoms with Crippen molar-refractivity contribution in [3.8, 4) is 5.75 Å². The average Bonchev–Trinajstić information content (AvgIpc) is 2.39. The van der Waals surface area contributed by atoms with Crippen LogP contribution in [0.15, 0.2) is 18.2 Å². The number of nitrogens with two attached hydrogens (primary N) is 1. The molecule has 3 N–H and O–H groups in total. The standard InChI is InChI=1S/C17H22ClNO/c18-14-6-13(1-2-15(14)20)16(19)17-7-10-3-11(8-17)5-12(4-10)9-17/h1-2,6,10-12,16,20H,3-5,7-9,19H2. The molecule has 4 aliphatic carbocycles. The zero-order valence-electron chi connectivity index (χ0n) is 11.7. The normalized spacial score (nSPS) is 40.0. The Morgan fingerprint density at radius 1 is 1.10 bits per heavy atom. The molecule has 1 aromatic rings. The molecule has 1 unspecified atom stereocenters. The number of aromatic hydroxyl groups is 1. The Morgan fingerprint density at radius 3 is 2.15 bits per heavy atom. The van der Waals surface area contributed by atoms with Crippen LogP contribution in [0.5, 0.6) is 5.75 Å². The number of benzene rings is 1. The number of hydrogen-bond acceptors (Lipinski definition) is 2. The van der Waals surface area contributed by atoms with Gasteiger partial charge in [-0.2, -0.15) is 0 Å². The van der Waals surface area contributed by atoms with Crippen LogP contribution in [0.3, 0.4) is 0 Å². The molecular formula is C17H22ClNO. The summed E-state index contributed by atoms with van der Waals surface area (Å²) in [7, 11) is 0. The summed E-state index contributed by atoms with van der Waals surface area (Å²) in [5.74, 6) is 2.85. The predicted octanol–water partition coefficient (Wildman–Crippen LogP) is 4.26. The highest BCUT2D eigenvalue weighted by atomic mass is 35.5. The third kappa shape index (κ3) is 1.88. The van der Waals surface area contributed by atoms with Crippen LogP contribution < -0.4 is 5.73 Å². The van der Waals surface area contributed by atoms with Crippen LogP contribution >= 0.6 is 11.6 Å². The van der Waals surface area contributed by atoms with Crippen LogP contribution in [-0.4, -0.2) is 5.11 Å². The molecule has 0 aliphatic heterocycles. The van der Waals surface area contributed by atoms with Crippen molar-refractivity contribution >= 4 is 11.6 Å². The summed E-state index contributed by atoms with van der Waals surface area (Å²) in [5, 5.41) is 10.0. The predicted molar refractivity (Wildman–Crippen MR) is 80.7 cm³/mol. The lowest BCUT2D eigenvalue weighted by atomic mass is 9.47. The minimum atomic E-state index is 0.0639. The van der Waals surface area contributed by atoms with Crippen molar-refractivity contribution in [2.75, 3.05) is 0 Å². The number of hydrogen-bond donors (Lipinski definition) is 2. The smallest absolute Gasteiger partial charge is 0.134 e. The van der Waals surface area contributed by atoms with Crippen molar-refractivity contribution in [2.45, 2.75) is 44.6 Å². The van der Waals surface area contributed by atoms with Crippen molar-refractivity contribution in [1.29, 1.82) is 0 Å². The van der Waals surface area contributed by atoms with E-state index in [-0.39, 0.29) is 17.2 Å². The van der Waals surface area contributed by atoms with Crippen LogP contribution in [0.2, 0.25) is 5.02 Å². The Bertz CT molecular complexity index is 507. The lowest BCUT2D eigenvalue weighted by molar-refractivity contribution is -0.0677. The summed E-state index contributed by atoms with van der Waals surface area (Å²) in [6.07, 6.45) is 8.17. The minimum absolute atomic E-state index is 0.0639. The van der Waals surface area contributed by atoms with Crippen LogP contribution in [0.1, 0.15) is 50.1 Å².